The predicted octanol–water partition coefficient (Wildman–Crippen LogP) is 3.42. The number of H-pyrrole nitrogens is 1. The van der Waals surface area contributed by atoms with Crippen molar-refractivity contribution >= 4 is 0 Å². The minimum Gasteiger partial charge on any atom is -0.307 e. The van der Waals surface area contributed by atoms with E-state index in [2.05, 4.69) is 29.4 Å². The Kier molecular flexibility index (Phi) is 4.60. The first-order chi connectivity index (χ1) is 8.29. The van der Waals surface area contributed by atoms with E-state index in [1.165, 1.54) is 44.1 Å². The van der Waals surface area contributed by atoms with Crippen LogP contribution in [0.4, 0.5) is 0 Å². The van der Waals surface area contributed by atoms with Gasteiger partial charge in [-0.05, 0) is 32.1 Å². The first kappa shape index (κ1) is 12.6. The number of aromatic amines is 1. The molecular weight excluding hydrogens is 210 g/mol. The summed E-state index contributed by atoms with van der Waals surface area (Å²) in [4.78, 5) is 0. The molecule has 3 nitrogen and oxygen atoms in total. The largest absolute Gasteiger partial charge is 0.307 e. The van der Waals surface area contributed by atoms with Gasteiger partial charge < -0.3 is 5.32 Å². The van der Waals surface area contributed by atoms with Crippen molar-refractivity contribution in [2.45, 2.75) is 64.5 Å². The van der Waals surface area contributed by atoms with Gasteiger partial charge in [-0.2, -0.15) is 5.10 Å². The third-order valence-electron chi connectivity index (χ3n) is 4.17. The maximum Gasteiger partial charge on any atom is 0.0534 e. The topological polar surface area (TPSA) is 40.7 Å². The van der Waals surface area contributed by atoms with Crippen molar-refractivity contribution in [1.29, 1.82) is 0 Å². The molecule has 1 aromatic heterocycles. The van der Waals surface area contributed by atoms with E-state index in [1.54, 1.807) is 0 Å². The molecule has 17 heavy (non-hydrogen) atoms. The van der Waals surface area contributed by atoms with Gasteiger partial charge in [0.1, 0.15) is 0 Å². The molecule has 1 aromatic rings. The molecule has 1 saturated carbocycles. The van der Waals surface area contributed by atoms with Crippen LogP contribution in [0.1, 0.15) is 64.0 Å². The van der Waals surface area contributed by atoms with E-state index < -0.39 is 0 Å². The van der Waals surface area contributed by atoms with Gasteiger partial charge in [-0.1, -0.05) is 26.2 Å². The number of rotatable bonds is 4. The average Bonchev–Trinajstić information content (AvgIpc) is 2.78. The highest BCUT2D eigenvalue weighted by atomic mass is 15.1. The molecule has 1 fully saturated rings. The summed E-state index contributed by atoms with van der Waals surface area (Å²) < 4.78 is 0. The van der Waals surface area contributed by atoms with Crippen LogP contribution in [0.3, 0.4) is 0 Å². The van der Waals surface area contributed by atoms with Crippen molar-refractivity contribution in [3.63, 3.8) is 0 Å². The Balaban J connectivity index is 1.82. The first-order valence-electron chi connectivity index (χ1n) is 7.04. The Morgan fingerprint density at radius 1 is 1.41 bits per heavy atom. The first-order valence-corrected chi connectivity index (χ1v) is 7.04. The van der Waals surface area contributed by atoms with Crippen LogP contribution >= 0.6 is 0 Å². The molecule has 0 aliphatic heterocycles. The summed E-state index contributed by atoms with van der Waals surface area (Å²) in [6, 6.07) is 1.10. The standard InChI is InChI=1S/C14H25N3/c1-3-12-5-4-6-14(8-7-12)17-11(2)13-9-15-16-10-13/h9-12,14,17H,3-8H2,1-2H3,(H,15,16). The zero-order chi connectivity index (χ0) is 12.1. The van der Waals surface area contributed by atoms with Crippen LogP contribution in [0.15, 0.2) is 12.4 Å². The van der Waals surface area contributed by atoms with Gasteiger partial charge in [0.05, 0.1) is 6.20 Å². The lowest BCUT2D eigenvalue weighted by Crippen LogP contribution is -2.30. The molecule has 1 heterocycles. The Hall–Kier alpha value is -0.830. The van der Waals surface area contributed by atoms with Gasteiger partial charge in [-0.3, -0.25) is 5.10 Å². The lowest BCUT2D eigenvalue weighted by atomic mass is 9.97. The minimum atomic E-state index is 0.414. The van der Waals surface area contributed by atoms with Gasteiger partial charge in [-0.25, -0.2) is 0 Å². The molecule has 1 aliphatic rings. The van der Waals surface area contributed by atoms with Gasteiger partial charge in [-0.15, -0.1) is 0 Å². The average molecular weight is 235 g/mol. The number of hydrogen-bond donors (Lipinski definition) is 2. The fraction of sp³-hybridized carbons (Fsp3) is 0.786. The Morgan fingerprint density at radius 3 is 3.00 bits per heavy atom. The van der Waals surface area contributed by atoms with E-state index >= 15 is 0 Å². The van der Waals surface area contributed by atoms with Crippen molar-refractivity contribution in [3.05, 3.63) is 18.0 Å². The Labute approximate surface area is 104 Å². The molecule has 0 radical (unpaired) electrons. The minimum absolute atomic E-state index is 0.414. The summed E-state index contributed by atoms with van der Waals surface area (Å²) in [5.74, 6) is 0.964. The fourth-order valence-corrected chi connectivity index (χ4v) is 2.90. The summed E-state index contributed by atoms with van der Waals surface area (Å²) >= 11 is 0. The van der Waals surface area contributed by atoms with Gasteiger partial charge in [0.25, 0.3) is 0 Å². The van der Waals surface area contributed by atoms with E-state index in [9.17, 15) is 0 Å². The van der Waals surface area contributed by atoms with Crippen molar-refractivity contribution in [3.8, 4) is 0 Å². The summed E-state index contributed by atoms with van der Waals surface area (Å²) in [6.07, 6.45) is 12.1. The highest BCUT2D eigenvalue weighted by Crippen LogP contribution is 2.26. The molecule has 0 bridgehead atoms. The quantitative estimate of drug-likeness (QED) is 0.785. The van der Waals surface area contributed by atoms with Gasteiger partial charge in [0, 0.05) is 23.8 Å². The SMILES string of the molecule is CCC1CCCC(NC(C)c2cn[nH]c2)CC1. The number of nitrogens with zero attached hydrogens (tertiary/aromatic N) is 1. The molecule has 0 spiro atoms. The molecule has 3 heteroatoms. The van der Waals surface area contributed by atoms with Gasteiger partial charge >= 0.3 is 0 Å². The van der Waals surface area contributed by atoms with Crippen LogP contribution in [-0.4, -0.2) is 16.2 Å². The molecule has 2 rings (SSSR count). The molecule has 3 atom stereocenters. The summed E-state index contributed by atoms with van der Waals surface area (Å²) in [5, 5.41) is 10.6. The Morgan fingerprint density at radius 2 is 2.29 bits per heavy atom. The number of hydrogen-bond acceptors (Lipinski definition) is 2. The summed E-state index contributed by atoms with van der Waals surface area (Å²) in [7, 11) is 0. The fourth-order valence-electron chi connectivity index (χ4n) is 2.90. The molecule has 96 valence electrons. The number of nitrogens with one attached hydrogen (secondary N) is 2. The van der Waals surface area contributed by atoms with E-state index in [0.717, 1.165) is 5.92 Å². The monoisotopic (exact) mass is 235 g/mol. The van der Waals surface area contributed by atoms with Crippen LogP contribution in [0.2, 0.25) is 0 Å². The second-order valence-electron chi connectivity index (χ2n) is 5.40. The normalized spacial score (nSPS) is 27.6. The second kappa shape index (κ2) is 6.20. The molecule has 0 saturated heterocycles. The number of aromatic nitrogens is 2. The van der Waals surface area contributed by atoms with Gasteiger partial charge in [0.2, 0.25) is 0 Å². The lowest BCUT2D eigenvalue weighted by Gasteiger charge is -2.21. The molecular formula is C14H25N3. The zero-order valence-corrected chi connectivity index (χ0v) is 11.1. The molecule has 3 unspecified atom stereocenters. The Bertz CT molecular complexity index is 307. The third-order valence-corrected chi connectivity index (χ3v) is 4.17. The van der Waals surface area contributed by atoms with E-state index in [-0.39, 0.29) is 0 Å². The molecule has 1 aliphatic carbocycles. The maximum absolute atomic E-state index is 4.02. The smallest absolute Gasteiger partial charge is 0.0534 e. The maximum atomic E-state index is 4.02. The predicted molar refractivity (Wildman–Crippen MR) is 70.8 cm³/mol. The van der Waals surface area contributed by atoms with Gasteiger partial charge in [0.15, 0.2) is 0 Å². The van der Waals surface area contributed by atoms with Crippen molar-refractivity contribution in [1.82, 2.24) is 15.5 Å². The van der Waals surface area contributed by atoms with Crippen molar-refractivity contribution in [2.24, 2.45) is 5.92 Å². The molecule has 0 aromatic carbocycles. The van der Waals surface area contributed by atoms with Crippen LogP contribution in [-0.2, 0) is 0 Å². The van der Waals surface area contributed by atoms with E-state index in [1.807, 2.05) is 12.4 Å². The van der Waals surface area contributed by atoms with Crippen molar-refractivity contribution in [2.75, 3.05) is 0 Å². The van der Waals surface area contributed by atoms with E-state index in [4.69, 9.17) is 0 Å². The second-order valence-corrected chi connectivity index (χ2v) is 5.40. The van der Waals surface area contributed by atoms with Crippen LogP contribution in [0.5, 0.6) is 0 Å². The highest BCUT2D eigenvalue weighted by molar-refractivity contribution is 5.08. The summed E-state index contributed by atoms with van der Waals surface area (Å²) in [5.41, 5.74) is 1.27. The molecule has 2 N–H and O–H groups in total. The van der Waals surface area contributed by atoms with Crippen LogP contribution < -0.4 is 5.32 Å². The zero-order valence-electron chi connectivity index (χ0n) is 11.1. The summed E-state index contributed by atoms with van der Waals surface area (Å²) in [6.45, 7) is 4.56. The molecule has 0 amide bonds. The lowest BCUT2D eigenvalue weighted by molar-refractivity contribution is 0.400. The van der Waals surface area contributed by atoms with Crippen LogP contribution in [0.25, 0.3) is 0 Å². The highest BCUT2D eigenvalue weighted by Gasteiger charge is 2.19. The van der Waals surface area contributed by atoms with Crippen LogP contribution in [0, 0.1) is 5.92 Å². The third kappa shape index (κ3) is 3.56. The van der Waals surface area contributed by atoms with Crippen molar-refractivity contribution < 1.29 is 0 Å². The van der Waals surface area contributed by atoms with E-state index in [0.29, 0.717) is 12.1 Å².